The normalized spacial score (nSPS) is 16.6. The second-order valence-electron chi connectivity index (χ2n) is 5.46. The average molecular weight is 276 g/mol. The number of likely N-dealkylation sites (tertiary alicyclic amines) is 1. The average Bonchev–Trinajstić information content (AvgIpc) is 2.85. The van der Waals surface area contributed by atoms with E-state index in [1.54, 1.807) is 0 Å². The van der Waals surface area contributed by atoms with Crippen LogP contribution in [0.3, 0.4) is 0 Å². The summed E-state index contributed by atoms with van der Waals surface area (Å²) < 4.78 is 2.17. The van der Waals surface area contributed by atoms with Crippen molar-refractivity contribution < 1.29 is 0 Å². The summed E-state index contributed by atoms with van der Waals surface area (Å²) in [7, 11) is 0. The van der Waals surface area contributed by atoms with E-state index < -0.39 is 0 Å². The van der Waals surface area contributed by atoms with Crippen molar-refractivity contribution in [3.8, 4) is 6.07 Å². The van der Waals surface area contributed by atoms with Gasteiger partial charge in [0.25, 0.3) is 0 Å². The SMILES string of the molecule is CC.Cc1cc(C2CCN(CC#N)CC2)n(C(C)C)n1. The Balaban J connectivity index is 0.000000956. The van der Waals surface area contributed by atoms with Gasteiger partial charge in [0, 0.05) is 17.7 Å². The third kappa shape index (κ3) is 4.08. The highest BCUT2D eigenvalue weighted by Gasteiger charge is 2.24. The van der Waals surface area contributed by atoms with Crippen LogP contribution in [-0.4, -0.2) is 34.3 Å². The molecular formula is C16H28N4. The van der Waals surface area contributed by atoms with Gasteiger partial charge in [-0.3, -0.25) is 9.58 Å². The number of aryl methyl sites for hydroxylation is 1. The standard InChI is InChI=1S/C14H22N4.C2H6/c1-11(2)18-14(10-12(3)16-18)13-4-7-17(8-5-13)9-6-15;1-2/h10-11,13H,4-5,7-9H2,1-3H3;1-2H3. The maximum atomic E-state index is 8.72. The van der Waals surface area contributed by atoms with E-state index in [4.69, 9.17) is 5.26 Å². The van der Waals surface area contributed by atoms with Crippen molar-refractivity contribution in [3.63, 3.8) is 0 Å². The highest BCUT2D eigenvalue weighted by molar-refractivity contribution is 5.15. The van der Waals surface area contributed by atoms with E-state index in [0.717, 1.165) is 31.6 Å². The smallest absolute Gasteiger partial charge is 0.0865 e. The van der Waals surface area contributed by atoms with E-state index in [2.05, 4.69) is 47.6 Å². The minimum Gasteiger partial charge on any atom is -0.291 e. The molecule has 1 aromatic heterocycles. The molecule has 4 heteroatoms. The molecule has 0 aromatic carbocycles. The number of nitrogens with zero attached hydrogens (tertiary/aromatic N) is 4. The molecule has 20 heavy (non-hydrogen) atoms. The van der Waals surface area contributed by atoms with E-state index in [-0.39, 0.29) is 0 Å². The monoisotopic (exact) mass is 276 g/mol. The molecule has 2 rings (SSSR count). The van der Waals surface area contributed by atoms with Gasteiger partial charge in [0.05, 0.1) is 18.3 Å². The molecule has 0 unspecified atom stereocenters. The summed E-state index contributed by atoms with van der Waals surface area (Å²) in [6.07, 6.45) is 2.28. The highest BCUT2D eigenvalue weighted by atomic mass is 15.3. The first-order valence-corrected chi connectivity index (χ1v) is 7.77. The van der Waals surface area contributed by atoms with Crippen LogP contribution in [0.2, 0.25) is 0 Å². The van der Waals surface area contributed by atoms with Gasteiger partial charge in [-0.15, -0.1) is 0 Å². The van der Waals surface area contributed by atoms with Crippen molar-refractivity contribution in [1.29, 1.82) is 5.26 Å². The topological polar surface area (TPSA) is 44.9 Å². The van der Waals surface area contributed by atoms with Crippen molar-refractivity contribution in [2.75, 3.05) is 19.6 Å². The van der Waals surface area contributed by atoms with E-state index in [0.29, 0.717) is 18.5 Å². The second kappa shape index (κ2) is 8.06. The Morgan fingerprint density at radius 2 is 1.95 bits per heavy atom. The third-order valence-electron chi connectivity index (χ3n) is 3.68. The van der Waals surface area contributed by atoms with Crippen molar-refractivity contribution >= 4 is 0 Å². The fourth-order valence-corrected chi connectivity index (χ4v) is 2.74. The number of nitriles is 1. The summed E-state index contributed by atoms with van der Waals surface area (Å²) in [6.45, 7) is 13.0. The van der Waals surface area contributed by atoms with Crippen LogP contribution in [0, 0.1) is 18.3 Å². The van der Waals surface area contributed by atoms with Crippen LogP contribution in [0.1, 0.15) is 63.9 Å². The fraction of sp³-hybridized carbons (Fsp3) is 0.750. The predicted octanol–water partition coefficient (Wildman–Crippen LogP) is 3.50. The maximum Gasteiger partial charge on any atom is 0.0865 e. The van der Waals surface area contributed by atoms with Crippen molar-refractivity contribution in [3.05, 3.63) is 17.5 Å². The Labute approximate surface area is 123 Å². The lowest BCUT2D eigenvalue weighted by molar-refractivity contribution is 0.229. The van der Waals surface area contributed by atoms with Gasteiger partial charge in [-0.05, 0) is 52.8 Å². The van der Waals surface area contributed by atoms with Crippen molar-refractivity contribution in [2.24, 2.45) is 0 Å². The molecule has 0 amide bonds. The van der Waals surface area contributed by atoms with Gasteiger partial charge in [0.1, 0.15) is 0 Å². The van der Waals surface area contributed by atoms with E-state index in [9.17, 15) is 0 Å². The van der Waals surface area contributed by atoms with Crippen molar-refractivity contribution in [1.82, 2.24) is 14.7 Å². The number of hydrogen-bond acceptors (Lipinski definition) is 3. The lowest BCUT2D eigenvalue weighted by atomic mass is 9.93. The van der Waals surface area contributed by atoms with Crippen molar-refractivity contribution in [2.45, 2.75) is 59.4 Å². The van der Waals surface area contributed by atoms with Gasteiger partial charge in [0.15, 0.2) is 0 Å². The lowest BCUT2D eigenvalue weighted by Crippen LogP contribution is -2.33. The molecule has 0 saturated carbocycles. The molecule has 0 aliphatic carbocycles. The first kappa shape index (κ1) is 16.7. The molecule has 112 valence electrons. The van der Waals surface area contributed by atoms with Crippen LogP contribution in [0.4, 0.5) is 0 Å². The van der Waals surface area contributed by atoms with E-state index >= 15 is 0 Å². The Kier molecular flexibility index (Phi) is 6.74. The highest BCUT2D eigenvalue weighted by Crippen LogP contribution is 2.29. The summed E-state index contributed by atoms with van der Waals surface area (Å²) >= 11 is 0. The number of piperidine rings is 1. The molecule has 2 heterocycles. The molecule has 0 atom stereocenters. The quantitative estimate of drug-likeness (QED) is 0.794. The van der Waals surface area contributed by atoms with Gasteiger partial charge in [-0.25, -0.2) is 0 Å². The zero-order chi connectivity index (χ0) is 15.1. The molecule has 0 N–H and O–H groups in total. The second-order valence-corrected chi connectivity index (χ2v) is 5.46. The van der Waals surface area contributed by atoms with E-state index in [1.165, 1.54) is 5.69 Å². The summed E-state index contributed by atoms with van der Waals surface area (Å²) in [4.78, 5) is 2.24. The van der Waals surface area contributed by atoms with Gasteiger partial charge in [-0.1, -0.05) is 13.8 Å². The largest absolute Gasteiger partial charge is 0.291 e. The predicted molar refractivity (Wildman–Crippen MR) is 82.7 cm³/mol. The van der Waals surface area contributed by atoms with E-state index in [1.807, 2.05) is 13.8 Å². The minimum absolute atomic E-state index is 0.422. The van der Waals surface area contributed by atoms with Crippen LogP contribution in [0.5, 0.6) is 0 Å². The first-order chi connectivity index (χ1) is 9.61. The van der Waals surface area contributed by atoms with Crippen LogP contribution in [-0.2, 0) is 0 Å². The number of rotatable bonds is 3. The third-order valence-corrected chi connectivity index (χ3v) is 3.68. The summed E-state index contributed by atoms with van der Waals surface area (Å²) in [5.41, 5.74) is 2.48. The molecule has 0 spiro atoms. The van der Waals surface area contributed by atoms with Gasteiger partial charge in [0.2, 0.25) is 0 Å². The zero-order valence-corrected chi connectivity index (χ0v) is 13.6. The minimum atomic E-state index is 0.422. The fourth-order valence-electron chi connectivity index (χ4n) is 2.74. The van der Waals surface area contributed by atoms with Crippen LogP contribution in [0.15, 0.2) is 6.07 Å². The lowest BCUT2D eigenvalue weighted by Gasteiger charge is -2.30. The molecule has 1 aliphatic rings. The number of aromatic nitrogens is 2. The molecule has 1 aliphatic heterocycles. The van der Waals surface area contributed by atoms with Crippen LogP contribution in [0.25, 0.3) is 0 Å². The number of hydrogen-bond donors (Lipinski definition) is 0. The summed E-state index contributed by atoms with van der Waals surface area (Å²) in [5, 5.41) is 13.3. The molecule has 4 nitrogen and oxygen atoms in total. The van der Waals surface area contributed by atoms with Gasteiger partial charge < -0.3 is 0 Å². The van der Waals surface area contributed by atoms with Gasteiger partial charge in [-0.2, -0.15) is 10.4 Å². The molecule has 1 aromatic rings. The summed E-state index contributed by atoms with van der Waals surface area (Å²) in [5.74, 6) is 0.601. The Bertz CT molecular complexity index is 434. The maximum absolute atomic E-state index is 8.72. The molecule has 0 radical (unpaired) electrons. The zero-order valence-electron chi connectivity index (χ0n) is 13.6. The Morgan fingerprint density at radius 3 is 2.45 bits per heavy atom. The molecular weight excluding hydrogens is 248 g/mol. The van der Waals surface area contributed by atoms with Crippen LogP contribution >= 0.6 is 0 Å². The Hall–Kier alpha value is -1.34. The first-order valence-electron chi connectivity index (χ1n) is 7.77. The molecule has 1 saturated heterocycles. The molecule has 0 bridgehead atoms. The molecule has 1 fully saturated rings. The van der Waals surface area contributed by atoms with Crippen LogP contribution < -0.4 is 0 Å². The van der Waals surface area contributed by atoms with Gasteiger partial charge >= 0.3 is 0 Å². The summed E-state index contributed by atoms with van der Waals surface area (Å²) in [6, 6.07) is 4.88. The Morgan fingerprint density at radius 1 is 1.35 bits per heavy atom.